The fourth-order valence-electron chi connectivity index (χ4n) is 2.23. The molecule has 2 rings (SSSR count). The van der Waals surface area contributed by atoms with Crippen LogP contribution in [0.3, 0.4) is 0 Å². The summed E-state index contributed by atoms with van der Waals surface area (Å²) < 4.78 is 21.2. The highest BCUT2D eigenvalue weighted by Crippen LogP contribution is 2.38. The number of ether oxygens (including phenoxy) is 4. The van der Waals surface area contributed by atoms with E-state index in [0.29, 0.717) is 47.4 Å². The molecule has 0 saturated carbocycles. The third-order valence-electron chi connectivity index (χ3n) is 3.43. The van der Waals surface area contributed by atoms with Crippen molar-refractivity contribution in [2.24, 2.45) is 5.73 Å². The Balaban J connectivity index is 2.17. The summed E-state index contributed by atoms with van der Waals surface area (Å²) in [6.45, 7) is 0.886. The Morgan fingerprint density at radius 1 is 1.00 bits per heavy atom. The zero-order chi connectivity index (χ0) is 18.2. The lowest BCUT2D eigenvalue weighted by Crippen LogP contribution is -2.13. The van der Waals surface area contributed by atoms with E-state index in [1.807, 2.05) is 0 Å². The Bertz CT molecular complexity index is 691. The molecule has 0 aliphatic rings. The van der Waals surface area contributed by atoms with Crippen LogP contribution in [-0.2, 0) is 0 Å². The number of hydrogen-bond donors (Lipinski definition) is 2. The predicted molar refractivity (Wildman–Crippen MR) is 95.0 cm³/mol. The summed E-state index contributed by atoms with van der Waals surface area (Å²) in [6, 6.07) is 10.2. The van der Waals surface area contributed by atoms with Crippen LogP contribution in [0.1, 0.15) is 10.4 Å². The molecule has 0 unspecified atom stereocenters. The van der Waals surface area contributed by atoms with Crippen molar-refractivity contribution in [1.82, 2.24) is 0 Å². The number of methoxy groups -OCH3 is 3. The summed E-state index contributed by atoms with van der Waals surface area (Å²) in [5.41, 5.74) is 6.42. The SMILES string of the molecule is COc1cc(C(=O)Nc2ccc(OCCN)cc2)cc(OC)c1OC. The highest BCUT2D eigenvalue weighted by molar-refractivity contribution is 6.05. The van der Waals surface area contributed by atoms with Gasteiger partial charge in [-0.25, -0.2) is 0 Å². The molecular weight excluding hydrogens is 324 g/mol. The van der Waals surface area contributed by atoms with Crippen LogP contribution in [0.4, 0.5) is 5.69 Å². The van der Waals surface area contributed by atoms with Crippen molar-refractivity contribution in [3.05, 3.63) is 42.0 Å². The number of rotatable bonds is 8. The number of anilines is 1. The Morgan fingerprint density at radius 3 is 2.08 bits per heavy atom. The lowest BCUT2D eigenvalue weighted by Gasteiger charge is -2.14. The molecule has 0 saturated heterocycles. The van der Waals surface area contributed by atoms with E-state index >= 15 is 0 Å². The van der Waals surface area contributed by atoms with Gasteiger partial charge in [0, 0.05) is 17.8 Å². The maximum atomic E-state index is 12.5. The third-order valence-corrected chi connectivity index (χ3v) is 3.43. The minimum atomic E-state index is -0.296. The van der Waals surface area contributed by atoms with Crippen LogP contribution in [0.25, 0.3) is 0 Å². The number of benzene rings is 2. The predicted octanol–water partition coefficient (Wildman–Crippen LogP) is 2.30. The topological polar surface area (TPSA) is 92.0 Å². The molecule has 0 aromatic heterocycles. The summed E-state index contributed by atoms with van der Waals surface area (Å²) in [5.74, 6) is 1.66. The Labute approximate surface area is 146 Å². The minimum Gasteiger partial charge on any atom is -0.493 e. The van der Waals surface area contributed by atoms with Gasteiger partial charge in [0.25, 0.3) is 5.91 Å². The van der Waals surface area contributed by atoms with Crippen molar-refractivity contribution < 1.29 is 23.7 Å². The zero-order valence-electron chi connectivity index (χ0n) is 14.5. The van der Waals surface area contributed by atoms with E-state index in [2.05, 4.69) is 5.32 Å². The van der Waals surface area contributed by atoms with E-state index in [1.165, 1.54) is 21.3 Å². The fourth-order valence-corrected chi connectivity index (χ4v) is 2.23. The molecule has 1 amide bonds. The van der Waals surface area contributed by atoms with Crippen LogP contribution in [0.5, 0.6) is 23.0 Å². The first-order chi connectivity index (χ1) is 12.1. The van der Waals surface area contributed by atoms with Gasteiger partial charge in [0.05, 0.1) is 21.3 Å². The molecule has 0 bridgehead atoms. The van der Waals surface area contributed by atoms with Gasteiger partial charge >= 0.3 is 0 Å². The van der Waals surface area contributed by atoms with Crippen molar-refractivity contribution >= 4 is 11.6 Å². The number of amides is 1. The first-order valence-corrected chi connectivity index (χ1v) is 7.67. The fraction of sp³-hybridized carbons (Fsp3) is 0.278. The van der Waals surface area contributed by atoms with E-state index in [0.717, 1.165) is 0 Å². The number of hydrogen-bond acceptors (Lipinski definition) is 6. The van der Waals surface area contributed by atoms with Crippen molar-refractivity contribution in [3.8, 4) is 23.0 Å². The first kappa shape index (κ1) is 18.4. The van der Waals surface area contributed by atoms with Crippen LogP contribution >= 0.6 is 0 Å². The summed E-state index contributed by atoms with van der Waals surface area (Å²) in [5, 5.41) is 2.81. The van der Waals surface area contributed by atoms with Crippen LogP contribution in [0, 0.1) is 0 Å². The molecule has 7 nitrogen and oxygen atoms in total. The quantitative estimate of drug-likeness (QED) is 0.762. The van der Waals surface area contributed by atoms with Gasteiger partial charge in [-0.05, 0) is 36.4 Å². The van der Waals surface area contributed by atoms with Gasteiger partial charge in [-0.3, -0.25) is 4.79 Å². The summed E-state index contributed by atoms with van der Waals surface area (Å²) in [7, 11) is 4.51. The summed E-state index contributed by atoms with van der Waals surface area (Å²) in [4.78, 5) is 12.5. The highest BCUT2D eigenvalue weighted by atomic mass is 16.5. The van der Waals surface area contributed by atoms with Gasteiger partial charge < -0.3 is 30.0 Å². The molecule has 0 spiro atoms. The Morgan fingerprint density at radius 2 is 1.60 bits per heavy atom. The molecule has 3 N–H and O–H groups in total. The lowest BCUT2D eigenvalue weighted by atomic mass is 10.1. The second-order valence-corrected chi connectivity index (χ2v) is 5.03. The summed E-state index contributed by atoms with van der Waals surface area (Å²) in [6.07, 6.45) is 0. The molecule has 0 heterocycles. The van der Waals surface area contributed by atoms with Gasteiger partial charge in [0.15, 0.2) is 11.5 Å². The number of nitrogens with two attached hydrogens (primary N) is 1. The molecule has 0 atom stereocenters. The molecule has 2 aromatic rings. The third kappa shape index (κ3) is 4.54. The van der Waals surface area contributed by atoms with Gasteiger partial charge in [-0.1, -0.05) is 0 Å². The second-order valence-electron chi connectivity index (χ2n) is 5.03. The van der Waals surface area contributed by atoms with Crippen LogP contribution in [0.15, 0.2) is 36.4 Å². The van der Waals surface area contributed by atoms with Gasteiger partial charge in [-0.2, -0.15) is 0 Å². The van der Waals surface area contributed by atoms with Crippen LogP contribution in [-0.4, -0.2) is 40.4 Å². The molecule has 0 radical (unpaired) electrons. The molecule has 0 fully saturated rings. The van der Waals surface area contributed by atoms with Crippen LogP contribution in [0.2, 0.25) is 0 Å². The first-order valence-electron chi connectivity index (χ1n) is 7.67. The highest BCUT2D eigenvalue weighted by Gasteiger charge is 2.17. The molecule has 0 aliphatic heterocycles. The number of nitrogens with one attached hydrogen (secondary N) is 1. The van der Waals surface area contributed by atoms with Gasteiger partial charge in [0.2, 0.25) is 5.75 Å². The van der Waals surface area contributed by atoms with E-state index in [1.54, 1.807) is 36.4 Å². The molecule has 25 heavy (non-hydrogen) atoms. The standard InChI is InChI=1S/C18H22N2O5/c1-22-15-10-12(11-16(23-2)17(15)24-3)18(21)20-13-4-6-14(7-5-13)25-9-8-19/h4-7,10-11H,8-9,19H2,1-3H3,(H,20,21). The average molecular weight is 346 g/mol. The van der Waals surface area contributed by atoms with E-state index < -0.39 is 0 Å². The van der Waals surface area contributed by atoms with Gasteiger partial charge in [0.1, 0.15) is 12.4 Å². The zero-order valence-corrected chi connectivity index (χ0v) is 14.5. The largest absolute Gasteiger partial charge is 0.493 e. The smallest absolute Gasteiger partial charge is 0.255 e. The van der Waals surface area contributed by atoms with Crippen LogP contribution < -0.4 is 30.0 Å². The maximum Gasteiger partial charge on any atom is 0.255 e. The summed E-state index contributed by atoms with van der Waals surface area (Å²) >= 11 is 0. The Kier molecular flexibility index (Phi) is 6.47. The second kappa shape index (κ2) is 8.79. The molecular formula is C18H22N2O5. The van der Waals surface area contributed by atoms with Gasteiger partial charge in [-0.15, -0.1) is 0 Å². The van der Waals surface area contributed by atoms with Crippen molar-refractivity contribution in [2.45, 2.75) is 0 Å². The lowest BCUT2D eigenvalue weighted by molar-refractivity contribution is 0.102. The Hall–Kier alpha value is -2.93. The maximum absolute atomic E-state index is 12.5. The number of carbonyl (C=O) groups excluding carboxylic acids is 1. The molecule has 7 heteroatoms. The molecule has 2 aromatic carbocycles. The molecule has 134 valence electrons. The van der Waals surface area contributed by atoms with Crippen molar-refractivity contribution in [2.75, 3.05) is 39.8 Å². The van der Waals surface area contributed by atoms with E-state index in [4.69, 9.17) is 24.7 Å². The minimum absolute atomic E-state index is 0.296. The molecule has 0 aliphatic carbocycles. The monoisotopic (exact) mass is 346 g/mol. The van der Waals surface area contributed by atoms with E-state index in [-0.39, 0.29) is 5.91 Å². The van der Waals surface area contributed by atoms with Crippen molar-refractivity contribution in [3.63, 3.8) is 0 Å². The van der Waals surface area contributed by atoms with Crippen molar-refractivity contribution in [1.29, 1.82) is 0 Å². The normalized spacial score (nSPS) is 10.1. The average Bonchev–Trinajstić information content (AvgIpc) is 2.66. The van der Waals surface area contributed by atoms with E-state index in [9.17, 15) is 4.79 Å². The number of carbonyl (C=O) groups is 1.